The molecule has 1 amide bonds. The van der Waals surface area contributed by atoms with Crippen LogP contribution in [0.25, 0.3) is 0 Å². The van der Waals surface area contributed by atoms with Crippen molar-refractivity contribution in [2.24, 2.45) is 5.92 Å². The quantitative estimate of drug-likeness (QED) is 0.120. The van der Waals surface area contributed by atoms with Crippen molar-refractivity contribution in [2.75, 3.05) is 27.2 Å². The van der Waals surface area contributed by atoms with Crippen LogP contribution in [-0.4, -0.2) is 69.4 Å². The van der Waals surface area contributed by atoms with E-state index in [1.54, 1.807) is 32.3 Å². The summed E-state index contributed by atoms with van der Waals surface area (Å²) in [7, 11) is -0.874. The number of rotatable bonds is 15. The number of hydrogen-bond acceptors (Lipinski definition) is 8. The zero-order valence-electron chi connectivity index (χ0n) is 27.3. The van der Waals surface area contributed by atoms with Gasteiger partial charge in [-0.3, -0.25) is 9.59 Å². The number of benzene rings is 3. The molecule has 50 heavy (non-hydrogen) atoms. The number of quaternary nitrogens is 1. The van der Waals surface area contributed by atoms with Crippen LogP contribution in [0.1, 0.15) is 58.8 Å². The molecule has 1 heterocycles. The molecule has 1 aliphatic carbocycles. The number of carbonyl (C=O) groups is 2. The SMILES string of the molecule is CN(C)C(=O)c1cccc(CS(=O)(=O)N2CCC[C@H]2C(=O)O[C@@H](Cc2c(Cl)cc([NH2+][O-])cc2Cl)c2ccc(OC(F)F)c(OCC3CC3)c2)c1. The van der Waals surface area contributed by atoms with Crippen molar-refractivity contribution in [1.29, 1.82) is 0 Å². The van der Waals surface area contributed by atoms with Gasteiger partial charge in [-0.05, 0) is 72.6 Å². The van der Waals surface area contributed by atoms with Gasteiger partial charge >= 0.3 is 12.6 Å². The molecule has 1 saturated heterocycles. The summed E-state index contributed by atoms with van der Waals surface area (Å²) in [5.74, 6) is -1.47. The van der Waals surface area contributed by atoms with Crippen LogP contribution in [0, 0.1) is 11.1 Å². The second-order valence-corrected chi connectivity index (χ2v) is 15.2. The van der Waals surface area contributed by atoms with Crippen molar-refractivity contribution in [3.8, 4) is 11.5 Å². The zero-order chi connectivity index (χ0) is 36.2. The largest absolute Gasteiger partial charge is 0.630 e. The maximum absolute atomic E-state index is 13.9. The number of nitrogens with zero attached hydrogens (tertiary/aromatic N) is 2. The van der Waals surface area contributed by atoms with E-state index in [9.17, 15) is 32.0 Å². The van der Waals surface area contributed by atoms with Crippen molar-refractivity contribution >= 4 is 50.8 Å². The Bertz CT molecular complexity index is 1800. The van der Waals surface area contributed by atoms with Crippen LogP contribution in [0.3, 0.4) is 0 Å². The number of alkyl halides is 2. The predicted molar refractivity (Wildman–Crippen MR) is 182 cm³/mol. The number of ether oxygens (including phenoxy) is 3. The summed E-state index contributed by atoms with van der Waals surface area (Å²) in [6.07, 6.45) is 1.23. The van der Waals surface area contributed by atoms with Gasteiger partial charge in [-0.25, -0.2) is 8.42 Å². The van der Waals surface area contributed by atoms with E-state index in [0.29, 0.717) is 34.2 Å². The van der Waals surface area contributed by atoms with Gasteiger partial charge in [0.1, 0.15) is 17.8 Å². The van der Waals surface area contributed by atoms with Crippen molar-refractivity contribution in [3.63, 3.8) is 0 Å². The lowest BCUT2D eigenvalue weighted by atomic mass is 10.00. The number of amides is 1. The number of sulfonamides is 1. The van der Waals surface area contributed by atoms with E-state index in [-0.39, 0.29) is 65.1 Å². The molecule has 3 aromatic rings. The molecular weight excluding hydrogens is 719 g/mol. The van der Waals surface area contributed by atoms with Crippen LogP contribution in [0.4, 0.5) is 14.5 Å². The fourth-order valence-corrected chi connectivity index (χ4v) is 8.11. The lowest BCUT2D eigenvalue weighted by Gasteiger charge is -2.26. The molecule has 16 heteroatoms. The van der Waals surface area contributed by atoms with E-state index in [4.69, 9.17) is 32.7 Å². The smallest absolute Gasteiger partial charge is 0.387 e. The first-order valence-electron chi connectivity index (χ1n) is 15.9. The summed E-state index contributed by atoms with van der Waals surface area (Å²) in [5.41, 5.74) is 2.18. The summed E-state index contributed by atoms with van der Waals surface area (Å²) >= 11 is 13.0. The van der Waals surface area contributed by atoms with Gasteiger partial charge in [-0.2, -0.15) is 13.1 Å². The van der Waals surface area contributed by atoms with Crippen molar-refractivity contribution < 1.29 is 46.5 Å². The monoisotopic (exact) mass is 755 g/mol. The standard InChI is InChI=1S/C34H37Cl2F2N3O8S/c1-40(2)32(42)23-6-3-5-21(13-23)19-50(45,46)41-12-4-7-28(41)33(43)48-30(17-25-26(35)15-24(39-44)16-27(25)36)22-10-11-29(49-34(37)38)31(14-22)47-18-20-8-9-20/h3,5-6,10-11,13-16,20,28,30,34H,4,7-9,12,17-19,39H2,1-2H3/t28-,30-/m0/s1. The molecule has 2 N–H and O–H groups in total. The molecule has 3 aromatic carbocycles. The third-order valence-corrected chi connectivity index (χ3v) is 11.0. The third-order valence-electron chi connectivity index (χ3n) is 8.44. The van der Waals surface area contributed by atoms with E-state index in [0.717, 1.165) is 17.1 Å². The van der Waals surface area contributed by atoms with Gasteiger partial charge < -0.3 is 29.8 Å². The Morgan fingerprint density at radius 1 is 1.04 bits per heavy atom. The normalized spacial score (nSPS) is 17.1. The highest BCUT2D eigenvalue weighted by Crippen LogP contribution is 2.39. The number of hydrogen-bond donors (Lipinski definition) is 1. The van der Waals surface area contributed by atoms with E-state index in [1.807, 2.05) is 0 Å². The van der Waals surface area contributed by atoms with Gasteiger partial charge in [0.05, 0.1) is 22.4 Å². The molecule has 1 saturated carbocycles. The molecule has 1 aliphatic heterocycles. The predicted octanol–water partition coefficient (Wildman–Crippen LogP) is 5.60. The number of esters is 1. The highest BCUT2D eigenvalue weighted by atomic mass is 35.5. The maximum atomic E-state index is 13.9. The lowest BCUT2D eigenvalue weighted by molar-refractivity contribution is -0.497. The third kappa shape index (κ3) is 9.42. The average molecular weight is 757 g/mol. The fraction of sp³-hybridized carbons (Fsp3) is 0.412. The molecule has 0 aromatic heterocycles. The fourth-order valence-electron chi connectivity index (χ4n) is 5.70. The second kappa shape index (κ2) is 16.2. The minimum absolute atomic E-state index is 0.0179. The summed E-state index contributed by atoms with van der Waals surface area (Å²) in [4.78, 5) is 27.7. The topological polar surface area (TPSA) is 142 Å². The maximum Gasteiger partial charge on any atom is 0.387 e. The Kier molecular flexibility index (Phi) is 12.2. The molecule has 0 bridgehead atoms. The van der Waals surface area contributed by atoms with Crippen LogP contribution in [-0.2, 0) is 31.7 Å². The Morgan fingerprint density at radius 3 is 2.40 bits per heavy atom. The Balaban J connectivity index is 1.43. The minimum atomic E-state index is -4.06. The Labute approximate surface area is 299 Å². The zero-order valence-corrected chi connectivity index (χ0v) is 29.6. The van der Waals surface area contributed by atoms with Crippen LogP contribution >= 0.6 is 23.2 Å². The molecule has 2 aliphatic rings. The Morgan fingerprint density at radius 2 is 1.76 bits per heavy atom. The van der Waals surface area contributed by atoms with E-state index in [1.165, 1.54) is 41.3 Å². The molecule has 0 radical (unpaired) electrons. The first-order chi connectivity index (χ1) is 23.7. The highest BCUT2D eigenvalue weighted by Gasteiger charge is 2.41. The molecule has 5 rings (SSSR count). The van der Waals surface area contributed by atoms with E-state index < -0.39 is 40.5 Å². The highest BCUT2D eigenvalue weighted by molar-refractivity contribution is 7.88. The molecule has 0 spiro atoms. The van der Waals surface area contributed by atoms with E-state index in [2.05, 4.69) is 4.74 Å². The molecular formula is C34H37Cl2F2N3O8S. The molecule has 2 fully saturated rings. The number of halogens is 4. The van der Waals surface area contributed by atoms with Gasteiger partial charge in [0.2, 0.25) is 10.0 Å². The van der Waals surface area contributed by atoms with Gasteiger partial charge in [-0.15, -0.1) is 0 Å². The van der Waals surface area contributed by atoms with Gasteiger partial charge in [-0.1, -0.05) is 41.4 Å². The Hall–Kier alpha value is -3.53. The molecule has 0 unspecified atom stereocenters. The van der Waals surface area contributed by atoms with Crippen molar-refractivity contribution in [2.45, 2.75) is 56.6 Å². The van der Waals surface area contributed by atoms with Crippen molar-refractivity contribution in [3.05, 3.63) is 92.1 Å². The average Bonchev–Trinajstić information content (AvgIpc) is 3.75. The number of carbonyl (C=O) groups excluding carboxylic acids is 2. The molecule has 2 atom stereocenters. The van der Waals surface area contributed by atoms with Crippen molar-refractivity contribution in [1.82, 2.24) is 9.21 Å². The van der Waals surface area contributed by atoms with Gasteiger partial charge in [0.15, 0.2) is 11.5 Å². The van der Waals surface area contributed by atoms with E-state index >= 15 is 0 Å². The van der Waals surface area contributed by atoms with Gasteiger partial charge in [0.25, 0.3) is 5.91 Å². The second-order valence-electron chi connectivity index (χ2n) is 12.5. The van der Waals surface area contributed by atoms with Crippen LogP contribution < -0.4 is 15.0 Å². The lowest BCUT2D eigenvalue weighted by Crippen LogP contribution is -2.70. The first kappa shape index (κ1) is 37.7. The van der Waals surface area contributed by atoms with Crippen LogP contribution in [0.15, 0.2) is 54.6 Å². The molecule has 270 valence electrons. The van der Waals surface area contributed by atoms with Crippen LogP contribution in [0.5, 0.6) is 11.5 Å². The van der Waals surface area contributed by atoms with Gasteiger partial charge in [0, 0.05) is 44.8 Å². The summed E-state index contributed by atoms with van der Waals surface area (Å²) < 4.78 is 71.5. The first-order valence-corrected chi connectivity index (χ1v) is 18.3. The summed E-state index contributed by atoms with van der Waals surface area (Å²) in [5, 5.41) is 11.6. The summed E-state index contributed by atoms with van der Waals surface area (Å²) in [6.45, 7) is -2.76. The number of nitrogens with two attached hydrogens (primary N) is 1. The summed E-state index contributed by atoms with van der Waals surface area (Å²) in [6, 6.07) is 12.1. The molecule has 11 nitrogen and oxygen atoms in total. The van der Waals surface area contributed by atoms with Crippen LogP contribution in [0.2, 0.25) is 10.0 Å². The minimum Gasteiger partial charge on any atom is -0.630 e.